The third-order valence-corrected chi connectivity index (χ3v) is 2.71. The Labute approximate surface area is 125 Å². The third-order valence-electron chi connectivity index (χ3n) is 2.71. The van der Waals surface area contributed by atoms with E-state index in [1.165, 1.54) is 12.1 Å². The summed E-state index contributed by atoms with van der Waals surface area (Å²) < 4.78 is 44.0. The molecule has 0 spiro atoms. The van der Waals surface area contributed by atoms with Gasteiger partial charge in [-0.15, -0.1) is 0 Å². The summed E-state index contributed by atoms with van der Waals surface area (Å²) in [7, 11) is 0. The lowest BCUT2D eigenvalue weighted by Gasteiger charge is -2.12. The van der Waals surface area contributed by atoms with E-state index in [-0.39, 0.29) is 23.4 Å². The number of hydrogen-bond acceptors (Lipinski definition) is 4. The first-order valence-corrected chi connectivity index (χ1v) is 6.44. The summed E-state index contributed by atoms with van der Waals surface area (Å²) in [6.07, 6.45) is -4.58. The van der Waals surface area contributed by atoms with Crippen LogP contribution in [0.25, 0.3) is 0 Å². The fraction of sp³-hybridized carbons (Fsp3) is 0.267. The van der Waals surface area contributed by atoms with Crippen molar-refractivity contribution in [3.63, 3.8) is 0 Å². The molecule has 0 atom stereocenters. The molecule has 1 aromatic carbocycles. The normalized spacial score (nSPS) is 11.3. The Morgan fingerprint density at radius 2 is 1.91 bits per heavy atom. The molecule has 1 aromatic heterocycles. The van der Waals surface area contributed by atoms with Gasteiger partial charge >= 0.3 is 6.18 Å². The first-order chi connectivity index (χ1) is 10.3. The zero-order valence-corrected chi connectivity index (χ0v) is 11.8. The number of halogens is 3. The topological polar surface area (TPSA) is 58.8 Å². The third kappa shape index (κ3) is 3.73. The van der Waals surface area contributed by atoms with Gasteiger partial charge in [-0.05, 0) is 18.2 Å². The standard InChI is InChI=1S/C15H12F3N3O/c1-9(2)14-20-12(15(16,17)18)7-13(21-14)22-11-5-3-4-10(6-11)8-19/h3-7,9H,1-2H3. The Bertz CT molecular complexity index is 721. The molecule has 0 N–H and O–H groups in total. The fourth-order valence-electron chi connectivity index (χ4n) is 1.65. The molecule has 0 bridgehead atoms. The molecule has 0 saturated carbocycles. The van der Waals surface area contributed by atoms with Crippen molar-refractivity contribution in [1.82, 2.24) is 9.97 Å². The predicted molar refractivity (Wildman–Crippen MR) is 72.4 cm³/mol. The number of hydrogen-bond donors (Lipinski definition) is 0. The molecular weight excluding hydrogens is 295 g/mol. The van der Waals surface area contributed by atoms with E-state index in [2.05, 4.69) is 9.97 Å². The first kappa shape index (κ1) is 15.8. The van der Waals surface area contributed by atoms with Gasteiger partial charge in [0.1, 0.15) is 11.6 Å². The van der Waals surface area contributed by atoms with E-state index in [0.717, 1.165) is 6.07 Å². The number of ether oxygens (including phenoxy) is 1. The highest BCUT2D eigenvalue weighted by molar-refractivity contribution is 5.38. The molecule has 0 radical (unpaired) electrons. The number of alkyl halides is 3. The number of aromatic nitrogens is 2. The zero-order chi connectivity index (χ0) is 16.3. The maximum atomic E-state index is 12.9. The number of benzene rings is 1. The summed E-state index contributed by atoms with van der Waals surface area (Å²) in [4.78, 5) is 7.49. The lowest BCUT2D eigenvalue weighted by atomic mass is 10.2. The highest BCUT2D eigenvalue weighted by Crippen LogP contribution is 2.31. The lowest BCUT2D eigenvalue weighted by Crippen LogP contribution is -2.12. The van der Waals surface area contributed by atoms with Crippen LogP contribution in [-0.2, 0) is 6.18 Å². The Morgan fingerprint density at radius 1 is 1.18 bits per heavy atom. The molecule has 0 aliphatic heterocycles. The van der Waals surface area contributed by atoms with Crippen LogP contribution in [0.15, 0.2) is 30.3 Å². The molecule has 22 heavy (non-hydrogen) atoms. The van der Waals surface area contributed by atoms with Gasteiger partial charge in [-0.3, -0.25) is 0 Å². The summed E-state index contributed by atoms with van der Waals surface area (Å²) in [6, 6.07) is 8.76. The van der Waals surface area contributed by atoms with Crippen molar-refractivity contribution in [1.29, 1.82) is 5.26 Å². The van der Waals surface area contributed by atoms with Crippen molar-refractivity contribution in [3.05, 3.63) is 47.4 Å². The number of nitriles is 1. The predicted octanol–water partition coefficient (Wildman–Crippen LogP) is 4.28. The smallest absolute Gasteiger partial charge is 0.433 e. The summed E-state index contributed by atoms with van der Waals surface area (Å²) in [5.74, 6) is -0.210. The van der Waals surface area contributed by atoms with Crippen molar-refractivity contribution < 1.29 is 17.9 Å². The van der Waals surface area contributed by atoms with Crippen LogP contribution in [0.5, 0.6) is 11.6 Å². The quantitative estimate of drug-likeness (QED) is 0.849. The van der Waals surface area contributed by atoms with E-state index < -0.39 is 11.9 Å². The SMILES string of the molecule is CC(C)c1nc(Oc2cccc(C#N)c2)cc(C(F)(F)F)n1. The van der Waals surface area contributed by atoms with E-state index in [9.17, 15) is 13.2 Å². The largest absolute Gasteiger partial charge is 0.439 e. The molecule has 2 aromatic rings. The van der Waals surface area contributed by atoms with Crippen molar-refractivity contribution in [3.8, 4) is 17.7 Å². The molecule has 7 heteroatoms. The highest BCUT2D eigenvalue weighted by Gasteiger charge is 2.34. The van der Waals surface area contributed by atoms with E-state index in [4.69, 9.17) is 10.00 Å². The van der Waals surface area contributed by atoms with E-state index in [1.54, 1.807) is 26.0 Å². The van der Waals surface area contributed by atoms with Gasteiger partial charge in [-0.2, -0.15) is 23.4 Å². The molecule has 0 aliphatic rings. The van der Waals surface area contributed by atoms with Crippen molar-refractivity contribution in [2.45, 2.75) is 25.9 Å². The molecular formula is C15H12F3N3O. The van der Waals surface area contributed by atoms with Gasteiger partial charge in [-0.1, -0.05) is 19.9 Å². The van der Waals surface area contributed by atoms with E-state index in [1.807, 2.05) is 6.07 Å². The lowest BCUT2D eigenvalue weighted by molar-refractivity contribution is -0.141. The Balaban J connectivity index is 2.41. The monoisotopic (exact) mass is 307 g/mol. The van der Waals surface area contributed by atoms with Crippen LogP contribution in [-0.4, -0.2) is 9.97 Å². The number of rotatable bonds is 3. The van der Waals surface area contributed by atoms with Crippen LogP contribution in [0, 0.1) is 11.3 Å². The molecule has 1 heterocycles. The Hall–Kier alpha value is -2.62. The zero-order valence-electron chi connectivity index (χ0n) is 11.8. The molecule has 0 saturated heterocycles. The molecule has 4 nitrogen and oxygen atoms in total. The summed E-state index contributed by atoms with van der Waals surface area (Å²) in [6.45, 7) is 3.38. The maximum Gasteiger partial charge on any atom is 0.433 e. The van der Waals surface area contributed by atoms with Gasteiger partial charge in [0.05, 0.1) is 11.6 Å². The summed E-state index contributed by atoms with van der Waals surface area (Å²) >= 11 is 0. The van der Waals surface area contributed by atoms with Gasteiger partial charge in [0.2, 0.25) is 5.88 Å². The van der Waals surface area contributed by atoms with Crippen LogP contribution in [0.3, 0.4) is 0 Å². The molecule has 0 unspecified atom stereocenters. The van der Waals surface area contributed by atoms with E-state index >= 15 is 0 Å². The average molecular weight is 307 g/mol. The van der Waals surface area contributed by atoms with Crippen LogP contribution >= 0.6 is 0 Å². The van der Waals surface area contributed by atoms with Crippen LogP contribution in [0.2, 0.25) is 0 Å². The van der Waals surface area contributed by atoms with Crippen LogP contribution in [0.1, 0.15) is 36.8 Å². The molecule has 0 amide bonds. The average Bonchev–Trinajstić information content (AvgIpc) is 2.46. The molecule has 114 valence electrons. The minimum absolute atomic E-state index is 0.0428. The maximum absolute atomic E-state index is 12.9. The minimum Gasteiger partial charge on any atom is -0.439 e. The molecule has 2 rings (SSSR count). The Kier molecular flexibility index (Phi) is 4.31. The summed E-state index contributed by atoms with van der Waals surface area (Å²) in [5.41, 5.74) is -0.718. The van der Waals surface area contributed by atoms with Crippen LogP contribution < -0.4 is 4.74 Å². The van der Waals surface area contributed by atoms with Gasteiger partial charge in [0.15, 0.2) is 5.69 Å². The van der Waals surface area contributed by atoms with Gasteiger partial charge in [0, 0.05) is 12.0 Å². The second-order valence-electron chi connectivity index (χ2n) is 4.84. The fourth-order valence-corrected chi connectivity index (χ4v) is 1.65. The first-order valence-electron chi connectivity index (χ1n) is 6.44. The van der Waals surface area contributed by atoms with E-state index in [0.29, 0.717) is 5.56 Å². The second kappa shape index (κ2) is 6.02. The van der Waals surface area contributed by atoms with Crippen LogP contribution in [0.4, 0.5) is 13.2 Å². The number of nitrogens with zero attached hydrogens (tertiary/aromatic N) is 3. The van der Waals surface area contributed by atoms with Crippen molar-refractivity contribution in [2.75, 3.05) is 0 Å². The molecule has 0 fully saturated rings. The van der Waals surface area contributed by atoms with Crippen molar-refractivity contribution in [2.24, 2.45) is 0 Å². The summed E-state index contributed by atoms with van der Waals surface area (Å²) in [5, 5.41) is 8.82. The van der Waals surface area contributed by atoms with Gasteiger partial charge in [0.25, 0.3) is 0 Å². The van der Waals surface area contributed by atoms with Gasteiger partial charge in [-0.25, -0.2) is 4.98 Å². The highest BCUT2D eigenvalue weighted by atomic mass is 19.4. The van der Waals surface area contributed by atoms with Crippen molar-refractivity contribution >= 4 is 0 Å². The molecule has 0 aliphatic carbocycles. The minimum atomic E-state index is -4.58. The second-order valence-corrected chi connectivity index (χ2v) is 4.84. The van der Waals surface area contributed by atoms with Gasteiger partial charge < -0.3 is 4.74 Å². The Morgan fingerprint density at radius 3 is 2.50 bits per heavy atom.